The van der Waals surface area contributed by atoms with Gasteiger partial charge in [-0.2, -0.15) is 5.10 Å². The Kier molecular flexibility index (Phi) is 10.8. The van der Waals surface area contributed by atoms with Crippen LogP contribution in [0.15, 0.2) is 71.8 Å². The standard InChI is InChI=1S/C28H29ClIN3O4/c1-18(2)13-24(32-27(34)21-9-11-22(29)12-10-21)28(35)33-31-16-20-14-23(30)26(25(15-20)36-3)37-17-19-7-5-4-6-8-19/h4-12,14-16,18,24H,13,17H2,1-3H3,(H,32,34)(H,33,35). The summed E-state index contributed by atoms with van der Waals surface area (Å²) in [6.07, 6.45) is 1.98. The van der Waals surface area contributed by atoms with Crippen LogP contribution in [-0.2, 0) is 11.4 Å². The van der Waals surface area contributed by atoms with Gasteiger partial charge in [0.05, 0.1) is 16.9 Å². The predicted octanol–water partition coefficient (Wildman–Crippen LogP) is 5.83. The average molecular weight is 634 g/mol. The Bertz CT molecular complexity index is 1230. The van der Waals surface area contributed by atoms with E-state index >= 15 is 0 Å². The van der Waals surface area contributed by atoms with Crippen LogP contribution in [0.1, 0.15) is 41.8 Å². The van der Waals surface area contributed by atoms with Crippen molar-refractivity contribution in [1.82, 2.24) is 10.7 Å². The van der Waals surface area contributed by atoms with Gasteiger partial charge in [0, 0.05) is 10.6 Å². The number of amides is 2. The minimum absolute atomic E-state index is 0.180. The van der Waals surface area contributed by atoms with Crippen molar-refractivity contribution in [2.24, 2.45) is 11.0 Å². The molecule has 2 amide bonds. The van der Waals surface area contributed by atoms with Crippen molar-refractivity contribution in [2.45, 2.75) is 32.9 Å². The molecule has 3 aromatic rings. The van der Waals surface area contributed by atoms with Crippen molar-refractivity contribution in [3.8, 4) is 11.5 Å². The third-order valence-corrected chi connectivity index (χ3v) is 6.35. The SMILES string of the molecule is COc1cc(C=NNC(=O)C(CC(C)C)NC(=O)c2ccc(Cl)cc2)cc(I)c1OCc1ccccc1. The van der Waals surface area contributed by atoms with Crippen LogP contribution in [-0.4, -0.2) is 31.2 Å². The van der Waals surface area contributed by atoms with Crippen LogP contribution in [0.4, 0.5) is 0 Å². The molecule has 37 heavy (non-hydrogen) atoms. The van der Waals surface area contributed by atoms with Gasteiger partial charge in [0.15, 0.2) is 11.5 Å². The summed E-state index contributed by atoms with van der Waals surface area (Å²) in [4.78, 5) is 25.5. The molecular formula is C28H29ClIN3O4. The third-order valence-electron chi connectivity index (χ3n) is 5.30. The largest absolute Gasteiger partial charge is 0.493 e. The topological polar surface area (TPSA) is 89.0 Å². The molecule has 0 saturated carbocycles. The number of halogens is 2. The second kappa shape index (κ2) is 14.0. The number of hydrazone groups is 1. The molecule has 0 aromatic heterocycles. The second-order valence-electron chi connectivity index (χ2n) is 8.71. The molecular weight excluding hydrogens is 605 g/mol. The zero-order valence-corrected chi connectivity index (χ0v) is 23.7. The van der Waals surface area contributed by atoms with Crippen molar-refractivity contribution >= 4 is 52.2 Å². The smallest absolute Gasteiger partial charge is 0.262 e. The number of benzene rings is 3. The second-order valence-corrected chi connectivity index (χ2v) is 10.3. The van der Waals surface area contributed by atoms with E-state index in [1.54, 1.807) is 37.4 Å². The molecule has 0 saturated heterocycles. The van der Waals surface area contributed by atoms with Gasteiger partial charge in [-0.25, -0.2) is 5.43 Å². The van der Waals surface area contributed by atoms with E-state index < -0.39 is 11.9 Å². The first-order chi connectivity index (χ1) is 17.8. The number of methoxy groups -OCH3 is 1. The van der Waals surface area contributed by atoms with Crippen molar-refractivity contribution in [1.29, 1.82) is 0 Å². The highest BCUT2D eigenvalue weighted by Gasteiger charge is 2.22. The minimum Gasteiger partial charge on any atom is -0.493 e. The predicted molar refractivity (Wildman–Crippen MR) is 154 cm³/mol. The Morgan fingerprint density at radius 2 is 1.78 bits per heavy atom. The molecule has 0 bridgehead atoms. The Labute approximate surface area is 235 Å². The highest BCUT2D eigenvalue weighted by molar-refractivity contribution is 14.1. The molecule has 9 heteroatoms. The summed E-state index contributed by atoms with van der Waals surface area (Å²) in [7, 11) is 1.57. The molecule has 3 aromatic carbocycles. The van der Waals surface area contributed by atoms with E-state index in [-0.39, 0.29) is 11.8 Å². The summed E-state index contributed by atoms with van der Waals surface area (Å²) in [5.41, 5.74) is 4.73. The van der Waals surface area contributed by atoms with Crippen LogP contribution < -0.4 is 20.2 Å². The number of rotatable bonds is 11. The van der Waals surface area contributed by atoms with Crippen LogP contribution in [0, 0.1) is 9.49 Å². The molecule has 3 rings (SSSR count). The number of ether oxygens (including phenoxy) is 2. The van der Waals surface area contributed by atoms with Crippen LogP contribution >= 0.6 is 34.2 Å². The molecule has 0 aliphatic heterocycles. The van der Waals surface area contributed by atoms with Gasteiger partial charge in [0.2, 0.25) is 0 Å². The van der Waals surface area contributed by atoms with E-state index in [0.717, 1.165) is 14.7 Å². The zero-order chi connectivity index (χ0) is 26.8. The Hall–Kier alpha value is -3.11. The number of carbonyl (C=O) groups excluding carboxylic acids is 2. The summed E-state index contributed by atoms with van der Waals surface area (Å²) >= 11 is 8.08. The van der Waals surface area contributed by atoms with Crippen LogP contribution in [0.5, 0.6) is 11.5 Å². The number of nitrogens with zero attached hydrogens (tertiary/aromatic N) is 1. The molecule has 1 unspecified atom stereocenters. The van der Waals surface area contributed by atoms with Gasteiger partial charge in [0.25, 0.3) is 11.8 Å². The lowest BCUT2D eigenvalue weighted by atomic mass is 10.0. The van der Waals surface area contributed by atoms with Crippen molar-refractivity contribution < 1.29 is 19.1 Å². The third kappa shape index (κ3) is 8.75. The normalized spacial score (nSPS) is 11.8. The summed E-state index contributed by atoms with van der Waals surface area (Å²) in [6, 6.07) is 19.3. The van der Waals surface area contributed by atoms with Gasteiger partial charge in [-0.3, -0.25) is 9.59 Å². The summed E-state index contributed by atoms with van der Waals surface area (Å²) in [6.45, 7) is 4.37. The maximum absolute atomic E-state index is 12.8. The van der Waals surface area contributed by atoms with Crippen LogP contribution in [0.3, 0.4) is 0 Å². The molecule has 194 valence electrons. The number of carbonyl (C=O) groups is 2. The monoisotopic (exact) mass is 633 g/mol. The van der Waals surface area contributed by atoms with Crippen LogP contribution in [0.25, 0.3) is 0 Å². The fourth-order valence-electron chi connectivity index (χ4n) is 3.48. The van der Waals surface area contributed by atoms with Gasteiger partial charge >= 0.3 is 0 Å². The van der Waals surface area contributed by atoms with E-state index in [0.29, 0.717) is 35.1 Å². The molecule has 0 aliphatic carbocycles. The first-order valence-corrected chi connectivity index (χ1v) is 13.2. The molecule has 0 fully saturated rings. The summed E-state index contributed by atoms with van der Waals surface area (Å²) < 4.78 is 12.4. The lowest BCUT2D eigenvalue weighted by Gasteiger charge is -2.19. The maximum atomic E-state index is 12.8. The van der Waals surface area contributed by atoms with Gasteiger partial charge < -0.3 is 14.8 Å². The lowest BCUT2D eigenvalue weighted by Crippen LogP contribution is -2.46. The van der Waals surface area contributed by atoms with E-state index in [1.807, 2.05) is 50.2 Å². The van der Waals surface area contributed by atoms with Crippen LogP contribution in [0.2, 0.25) is 5.02 Å². The molecule has 0 aliphatic rings. The molecule has 2 N–H and O–H groups in total. The fourth-order valence-corrected chi connectivity index (χ4v) is 4.39. The first kappa shape index (κ1) is 28.5. The Balaban J connectivity index is 1.66. The highest BCUT2D eigenvalue weighted by atomic mass is 127. The van der Waals surface area contributed by atoms with E-state index in [2.05, 4.69) is 38.4 Å². The van der Waals surface area contributed by atoms with E-state index in [4.69, 9.17) is 21.1 Å². The molecule has 0 heterocycles. The van der Waals surface area contributed by atoms with E-state index in [9.17, 15) is 9.59 Å². The molecule has 1 atom stereocenters. The van der Waals surface area contributed by atoms with Gasteiger partial charge in [-0.1, -0.05) is 55.8 Å². The van der Waals surface area contributed by atoms with Gasteiger partial charge in [-0.05, 0) is 82.5 Å². The van der Waals surface area contributed by atoms with Gasteiger partial charge in [0.1, 0.15) is 12.6 Å². The fraction of sp³-hybridized carbons (Fsp3) is 0.250. The summed E-state index contributed by atoms with van der Waals surface area (Å²) in [5, 5.41) is 7.43. The van der Waals surface area contributed by atoms with Crippen molar-refractivity contribution in [2.75, 3.05) is 7.11 Å². The quantitative estimate of drug-likeness (QED) is 0.158. The Morgan fingerprint density at radius 1 is 1.08 bits per heavy atom. The molecule has 7 nitrogen and oxygen atoms in total. The number of nitrogens with one attached hydrogen (secondary N) is 2. The maximum Gasteiger partial charge on any atom is 0.262 e. The number of hydrogen-bond donors (Lipinski definition) is 2. The molecule has 0 spiro atoms. The highest BCUT2D eigenvalue weighted by Crippen LogP contribution is 2.34. The molecule has 0 radical (unpaired) electrons. The van der Waals surface area contributed by atoms with Gasteiger partial charge in [-0.15, -0.1) is 0 Å². The van der Waals surface area contributed by atoms with Crippen molar-refractivity contribution in [3.05, 3.63) is 92.0 Å². The lowest BCUT2D eigenvalue weighted by molar-refractivity contribution is -0.123. The zero-order valence-electron chi connectivity index (χ0n) is 20.8. The van der Waals surface area contributed by atoms with Crippen molar-refractivity contribution in [3.63, 3.8) is 0 Å². The van der Waals surface area contributed by atoms with E-state index in [1.165, 1.54) is 6.21 Å². The summed E-state index contributed by atoms with van der Waals surface area (Å²) in [5.74, 6) is 0.613. The minimum atomic E-state index is -0.747. The number of hydrogen-bond acceptors (Lipinski definition) is 5. The average Bonchev–Trinajstić information content (AvgIpc) is 2.88. The first-order valence-electron chi connectivity index (χ1n) is 11.7. The Morgan fingerprint density at radius 3 is 2.43 bits per heavy atom.